The van der Waals surface area contributed by atoms with E-state index in [4.69, 9.17) is 43.4 Å². The third-order valence-electron chi connectivity index (χ3n) is 6.64. The maximum Gasteiger partial charge on any atom is 0.471 e. The molecule has 0 aromatic heterocycles. The molecule has 0 radical (unpaired) electrons. The van der Waals surface area contributed by atoms with Gasteiger partial charge in [0.25, 0.3) is 0 Å². The van der Waals surface area contributed by atoms with Gasteiger partial charge in [-0.3, -0.25) is 33.6 Å². The molecule has 2 aliphatic rings. The van der Waals surface area contributed by atoms with E-state index in [-0.39, 0.29) is 0 Å². The zero-order chi connectivity index (χ0) is 39.7. The SMILES string of the molecule is CC(=O)OC1[C@H](OC(C)=O)C(CN=[N+]=[N-])O[C@@H](OCC2O[C@@H](OC(C)=O)[C@@H](NC(=O)C(F)(F)F)C(OC(C)=O)[C@@H]2OC(C)=O)[C@H]1NC(=O)C(F)(F)F. The van der Waals surface area contributed by atoms with Gasteiger partial charge in [-0.15, -0.1) is 0 Å². The van der Waals surface area contributed by atoms with E-state index in [0.717, 1.165) is 34.6 Å². The Labute approximate surface area is 287 Å². The predicted molar refractivity (Wildman–Crippen MR) is 147 cm³/mol. The van der Waals surface area contributed by atoms with Gasteiger partial charge in [0.05, 0.1) is 13.2 Å². The van der Waals surface area contributed by atoms with Crippen molar-refractivity contribution in [3.8, 4) is 0 Å². The van der Waals surface area contributed by atoms with Gasteiger partial charge < -0.3 is 48.5 Å². The number of amides is 2. The normalized spacial score (nSPS) is 28.9. The molecule has 10 atom stereocenters. The fraction of sp³-hybridized carbons (Fsp3) is 0.731. The summed E-state index contributed by atoms with van der Waals surface area (Å²) in [6.45, 7) is 2.08. The largest absolute Gasteiger partial charge is 0.471 e. The first-order valence-electron chi connectivity index (χ1n) is 14.5. The smallest absolute Gasteiger partial charge is 0.456 e. The van der Waals surface area contributed by atoms with E-state index < -0.39 is 128 Å². The Morgan fingerprint density at radius 3 is 1.37 bits per heavy atom. The quantitative estimate of drug-likeness (QED) is 0.0668. The highest BCUT2D eigenvalue weighted by Crippen LogP contribution is 2.32. The highest BCUT2D eigenvalue weighted by Gasteiger charge is 2.56. The van der Waals surface area contributed by atoms with E-state index in [2.05, 4.69) is 10.0 Å². The summed E-state index contributed by atoms with van der Waals surface area (Å²) in [5.41, 5.74) is 8.85. The maximum absolute atomic E-state index is 13.4. The van der Waals surface area contributed by atoms with Crippen molar-refractivity contribution in [2.75, 3.05) is 13.2 Å². The number of carbonyl (C=O) groups is 7. The van der Waals surface area contributed by atoms with Crippen LogP contribution in [-0.2, 0) is 71.5 Å². The Morgan fingerprint density at radius 2 is 0.981 bits per heavy atom. The summed E-state index contributed by atoms with van der Waals surface area (Å²) >= 11 is 0. The number of rotatable bonds is 12. The number of ether oxygens (including phenoxy) is 8. The zero-order valence-corrected chi connectivity index (χ0v) is 27.4. The number of esters is 5. The van der Waals surface area contributed by atoms with E-state index in [0.29, 0.717) is 0 Å². The molecule has 2 rings (SSSR count). The predicted octanol–water partition coefficient (Wildman–Crippen LogP) is 0.147. The van der Waals surface area contributed by atoms with Gasteiger partial charge in [-0.25, -0.2) is 0 Å². The second-order valence-electron chi connectivity index (χ2n) is 10.7. The lowest BCUT2D eigenvalue weighted by Crippen LogP contribution is -2.69. The number of hydrogen-bond donors (Lipinski definition) is 2. The molecule has 0 aromatic carbocycles. The molecule has 0 aromatic rings. The van der Waals surface area contributed by atoms with E-state index in [1.807, 2.05) is 0 Å². The summed E-state index contributed by atoms with van der Waals surface area (Å²) in [6, 6.07) is -4.45. The fourth-order valence-electron chi connectivity index (χ4n) is 4.91. The van der Waals surface area contributed by atoms with Crippen LogP contribution >= 0.6 is 0 Å². The van der Waals surface area contributed by atoms with Crippen molar-refractivity contribution >= 4 is 41.7 Å². The van der Waals surface area contributed by atoms with Crippen LogP contribution in [0.15, 0.2) is 5.11 Å². The molecular formula is C26H31F6N5O15. The van der Waals surface area contributed by atoms with Crippen LogP contribution in [0.5, 0.6) is 0 Å². The molecular weight excluding hydrogens is 736 g/mol. The Bertz CT molecular complexity index is 1430. The minimum atomic E-state index is -5.58. The van der Waals surface area contributed by atoms with Crippen molar-refractivity contribution in [1.29, 1.82) is 0 Å². The standard InChI is InChI=1S/C26H31F6N5O15/c1-8(38)46-17-13(6-34-37-33)51-21(15(19(17)48-10(3)40)35-23(43)25(27,28)29)45-7-14-18(47-9(2)39)20(49-11(4)41)16(22(52-14)50-12(5)42)36-24(44)26(30,31)32/h13-22H,6-7H2,1-5H3,(H,35,43)(H,36,44)/t13?,14?,15-,16-,17+,18+,19?,20?,21+,22+/m0/s1. The minimum Gasteiger partial charge on any atom is -0.456 e. The molecule has 2 aliphatic heterocycles. The third kappa shape index (κ3) is 12.4. The summed E-state index contributed by atoms with van der Waals surface area (Å²) < 4.78 is 122. The molecule has 0 saturated carbocycles. The molecule has 2 saturated heterocycles. The third-order valence-corrected chi connectivity index (χ3v) is 6.64. The lowest BCUT2D eigenvalue weighted by Gasteiger charge is -2.47. The second-order valence-corrected chi connectivity index (χ2v) is 10.7. The summed E-state index contributed by atoms with van der Waals surface area (Å²) in [4.78, 5) is 86.5. The van der Waals surface area contributed by atoms with Crippen molar-refractivity contribution < 1.29 is 97.8 Å². The van der Waals surface area contributed by atoms with Crippen LogP contribution in [0.3, 0.4) is 0 Å². The summed E-state index contributed by atoms with van der Waals surface area (Å²) in [7, 11) is 0. The summed E-state index contributed by atoms with van der Waals surface area (Å²) in [5, 5.41) is 6.16. The Balaban J connectivity index is 2.68. The lowest BCUT2D eigenvalue weighted by atomic mass is 9.95. The van der Waals surface area contributed by atoms with E-state index in [1.165, 1.54) is 10.6 Å². The van der Waals surface area contributed by atoms with Gasteiger partial charge in [-0.2, -0.15) is 26.3 Å². The lowest BCUT2D eigenvalue weighted by molar-refractivity contribution is -0.301. The molecule has 0 aliphatic carbocycles. The Hall–Kier alpha value is -4.94. The first kappa shape index (κ1) is 43.2. The second kappa shape index (κ2) is 18.0. The van der Waals surface area contributed by atoms with Crippen LogP contribution in [0, 0.1) is 0 Å². The van der Waals surface area contributed by atoms with Crippen molar-refractivity contribution in [1.82, 2.24) is 10.6 Å². The molecule has 52 heavy (non-hydrogen) atoms. The Kier molecular flexibility index (Phi) is 15.0. The number of nitrogens with one attached hydrogen (secondary N) is 2. The van der Waals surface area contributed by atoms with Gasteiger partial charge in [-0.05, 0) is 5.53 Å². The van der Waals surface area contributed by atoms with Gasteiger partial charge in [-0.1, -0.05) is 5.11 Å². The van der Waals surface area contributed by atoms with Gasteiger partial charge in [0, 0.05) is 39.5 Å². The molecule has 0 spiro atoms. The summed E-state index contributed by atoms with van der Waals surface area (Å²) in [6.07, 6.45) is -27.3. The zero-order valence-electron chi connectivity index (χ0n) is 27.4. The molecule has 2 N–H and O–H groups in total. The molecule has 26 heteroatoms. The van der Waals surface area contributed by atoms with Crippen LogP contribution in [0.25, 0.3) is 10.4 Å². The number of nitrogens with zero attached hydrogens (tertiary/aromatic N) is 3. The first-order chi connectivity index (χ1) is 24.0. The van der Waals surface area contributed by atoms with Crippen molar-refractivity contribution in [2.24, 2.45) is 5.11 Å². The monoisotopic (exact) mass is 767 g/mol. The maximum atomic E-state index is 13.4. The molecule has 0 bridgehead atoms. The van der Waals surface area contributed by atoms with E-state index >= 15 is 0 Å². The van der Waals surface area contributed by atoms with Crippen molar-refractivity contribution in [2.45, 2.75) is 108 Å². The highest BCUT2D eigenvalue weighted by molar-refractivity contribution is 5.82. The van der Waals surface area contributed by atoms with Crippen LogP contribution in [-0.4, -0.2) is 128 Å². The number of azide groups is 1. The average molecular weight is 768 g/mol. The van der Waals surface area contributed by atoms with Gasteiger partial charge >= 0.3 is 54.0 Å². The first-order valence-corrected chi connectivity index (χ1v) is 14.5. The van der Waals surface area contributed by atoms with Crippen LogP contribution in [0.4, 0.5) is 26.3 Å². The Morgan fingerprint density at radius 1 is 0.615 bits per heavy atom. The fourth-order valence-corrected chi connectivity index (χ4v) is 4.91. The molecule has 2 fully saturated rings. The number of hydrogen-bond acceptors (Lipinski definition) is 16. The van der Waals surface area contributed by atoms with Crippen LogP contribution in [0.2, 0.25) is 0 Å². The molecule has 20 nitrogen and oxygen atoms in total. The van der Waals surface area contributed by atoms with E-state index in [1.54, 1.807) is 0 Å². The molecule has 2 amide bonds. The van der Waals surface area contributed by atoms with Gasteiger partial charge in [0.15, 0.2) is 30.7 Å². The van der Waals surface area contributed by atoms with E-state index in [9.17, 15) is 59.9 Å². The van der Waals surface area contributed by atoms with Gasteiger partial charge in [0.1, 0.15) is 24.3 Å². The van der Waals surface area contributed by atoms with Gasteiger partial charge in [0.2, 0.25) is 6.29 Å². The van der Waals surface area contributed by atoms with Crippen molar-refractivity contribution in [3.63, 3.8) is 0 Å². The highest BCUT2D eigenvalue weighted by atomic mass is 19.4. The number of carbonyl (C=O) groups excluding carboxylic acids is 7. The minimum absolute atomic E-state index is 0.758. The molecule has 292 valence electrons. The average Bonchev–Trinajstić information content (AvgIpc) is 2.98. The summed E-state index contributed by atoms with van der Waals surface area (Å²) in [5.74, 6) is -11.2. The molecule has 2 heterocycles. The number of alkyl halides is 6. The van der Waals surface area contributed by atoms with Crippen LogP contribution < -0.4 is 10.6 Å². The topological polar surface area (TPSA) is 266 Å². The molecule has 4 unspecified atom stereocenters. The van der Waals surface area contributed by atoms with Crippen LogP contribution in [0.1, 0.15) is 34.6 Å². The number of halogens is 6. The van der Waals surface area contributed by atoms with Crippen molar-refractivity contribution in [3.05, 3.63) is 10.4 Å².